The van der Waals surface area contributed by atoms with E-state index in [0.29, 0.717) is 12.6 Å². The zero-order valence-corrected chi connectivity index (χ0v) is 6.77. The fourth-order valence-electron chi connectivity index (χ4n) is 0.738. The van der Waals surface area contributed by atoms with Gasteiger partial charge in [-0.2, -0.15) is 0 Å². The van der Waals surface area contributed by atoms with Crippen LogP contribution in [0.2, 0.25) is 0 Å². The predicted octanol–water partition coefficient (Wildman–Crippen LogP) is -0.841. The molecule has 1 unspecified atom stereocenters. The van der Waals surface area contributed by atoms with Crippen LogP contribution < -0.4 is 0 Å². The van der Waals surface area contributed by atoms with Crippen molar-refractivity contribution in [2.24, 2.45) is 0 Å². The average molecular weight is 173 g/mol. The number of hydrogen-bond acceptors (Lipinski definition) is 4. The monoisotopic (exact) mass is 173 g/mol. The van der Waals surface area contributed by atoms with Gasteiger partial charge in [0.05, 0.1) is 13.1 Å². The summed E-state index contributed by atoms with van der Waals surface area (Å²) in [7, 11) is 0. The molecule has 0 saturated heterocycles. The van der Waals surface area contributed by atoms with Gasteiger partial charge in [-0.15, -0.1) is 0 Å². The lowest BCUT2D eigenvalue weighted by Gasteiger charge is -2.20. The first-order valence-electron chi connectivity index (χ1n) is 3.47. The molecule has 0 saturated carbocycles. The highest BCUT2D eigenvalue weighted by Gasteiger charge is 2.18. The third-order valence-corrected chi connectivity index (χ3v) is 1.52. The van der Waals surface area contributed by atoms with Crippen molar-refractivity contribution < 1.29 is 19.5 Å². The summed E-state index contributed by atoms with van der Waals surface area (Å²) in [4.78, 5) is 31.8. The number of aldehydes is 2. The number of rotatable bonds is 6. The second-order valence-corrected chi connectivity index (χ2v) is 2.30. The molecular formula is C7H11NO4. The number of carboxylic acids is 1. The molecule has 0 aromatic heterocycles. The molecule has 68 valence electrons. The molecule has 12 heavy (non-hydrogen) atoms. The zero-order valence-electron chi connectivity index (χ0n) is 6.77. The van der Waals surface area contributed by atoms with E-state index in [0.717, 1.165) is 0 Å². The first kappa shape index (κ1) is 10.8. The van der Waals surface area contributed by atoms with Crippen LogP contribution >= 0.6 is 0 Å². The Kier molecular flexibility index (Phi) is 4.87. The van der Waals surface area contributed by atoms with E-state index in [-0.39, 0.29) is 13.1 Å². The van der Waals surface area contributed by atoms with Gasteiger partial charge in [-0.3, -0.25) is 9.69 Å². The normalized spacial score (nSPS) is 12.5. The van der Waals surface area contributed by atoms with Crippen LogP contribution in [0, 0.1) is 0 Å². The van der Waals surface area contributed by atoms with E-state index >= 15 is 0 Å². The van der Waals surface area contributed by atoms with Crippen molar-refractivity contribution in [2.75, 3.05) is 13.1 Å². The summed E-state index contributed by atoms with van der Waals surface area (Å²) in [5, 5.41) is 8.53. The number of nitrogens with zero attached hydrogens (tertiary/aromatic N) is 1. The smallest absolute Gasteiger partial charge is 0.320 e. The molecule has 0 radical (unpaired) electrons. The Labute approximate surface area is 70.0 Å². The van der Waals surface area contributed by atoms with Crippen LogP contribution in [0.25, 0.3) is 0 Å². The molecule has 1 N–H and O–H groups in total. The maximum absolute atomic E-state index is 10.4. The van der Waals surface area contributed by atoms with E-state index in [4.69, 9.17) is 5.11 Å². The molecule has 0 spiro atoms. The highest BCUT2D eigenvalue weighted by Crippen LogP contribution is 1.95. The Morgan fingerprint density at radius 1 is 1.42 bits per heavy atom. The number of carbonyl (C=O) groups excluding carboxylic acids is 2. The van der Waals surface area contributed by atoms with Crippen LogP contribution in [0.3, 0.4) is 0 Å². The Morgan fingerprint density at radius 3 is 2.08 bits per heavy atom. The Balaban J connectivity index is 4.16. The minimum Gasteiger partial charge on any atom is -0.480 e. The van der Waals surface area contributed by atoms with Crippen LogP contribution in [-0.4, -0.2) is 47.7 Å². The fraction of sp³-hybridized carbons (Fsp3) is 0.571. The molecule has 0 aromatic rings. The molecule has 0 fully saturated rings. The summed E-state index contributed by atoms with van der Waals surface area (Å²) in [6, 6.07) is -0.805. The number of hydrogen-bond donors (Lipinski definition) is 1. The molecule has 0 aliphatic rings. The molecule has 5 heteroatoms. The molecule has 1 atom stereocenters. The lowest BCUT2D eigenvalue weighted by molar-refractivity contribution is -0.142. The van der Waals surface area contributed by atoms with Gasteiger partial charge in [0.25, 0.3) is 0 Å². The first-order valence-corrected chi connectivity index (χ1v) is 3.47. The molecular weight excluding hydrogens is 162 g/mol. The molecule has 0 bridgehead atoms. The fourth-order valence-corrected chi connectivity index (χ4v) is 0.738. The third kappa shape index (κ3) is 3.25. The van der Waals surface area contributed by atoms with Gasteiger partial charge in [-0.05, 0) is 6.92 Å². The van der Waals surface area contributed by atoms with Crippen LogP contribution in [0.4, 0.5) is 0 Å². The molecule has 0 heterocycles. The molecule has 0 aliphatic heterocycles. The van der Waals surface area contributed by atoms with E-state index < -0.39 is 12.0 Å². The van der Waals surface area contributed by atoms with Crippen molar-refractivity contribution in [2.45, 2.75) is 13.0 Å². The Hall–Kier alpha value is -1.23. The SMILES string of the molecule is CC(C(=O)O)N(CC=O)CC=O. The highest BCUT2D eigenvalue weighted by molar-refractivity contribution is 5.74. The molecule has 0 aliphatic carbocycles. The lowest BCUT2D eigenvalue weighted by atomic mass is 10.3. The summed E-state index contributed by atoms with van der Waals surface area (Å²) >= 11 is 0. The van der Waals surface area contributed by atoms with Gasteiger partial charge < -0.3 is 14.7 Å². The number of carbonyl (C=O) groups is 3. The number of aliphatic carboxylic acids is 1. The van der Waals surface area contributed by atoms with Crippen molar-refractivity contribution in [1.82, 2.24) is 4.90 Å². The molecule has 0 amide bonds. The quantitative estimate of drug-likeness (QED) is 0.530. The molecule has 0 aromatic carbocycles. The molecule has 5 nitrogen and oxygen atoms in total. The van der Waals surface area contributed by atoms with E-state index in [2.05, 4.69) is 0 Å². The summed E-state index contributed by atoms with van der Waals surface area (Å²) in [6.07, 6.45) is 1.14. The minimum atomic E-state index is -1.04. The van der Waals surface area contributed by atoms with Gasteiger partial charge in [0.15, 0.2) is 0 Å². The summed E-state index contributed by atoms with van der Waals surface area (Å²) in [5.74, 6) is -1.04. The van der Waals surface area contributed by atoms with Crippen molar-refractivity contribution >= 4 is 18.5 Å². The van der Waals surface area contributed by atoms with E-state index in [1.807, 2.05) is 0 Å². The van der Waals surface area contributed by atoms with Crippen LogP contribution in [0.1, 0.15) is 6.92 Å². The van der Waals surface area contributed by atoms with Gasteiger partial charge in [0, 0.05) is 0 Å². The number of carboxylic acid groups (broad SMARTS) is 1. The standard InChI is InChI=1S/C7H11NO4/c1-6(7(11)12)8(2-4-9)3-5-10/h4-6H,2-3H2,1H3,(H,11,12). The largest absolute Gasteiger partial charge is 0.480 e. The first-order chi connectivity index (χ1) is 5.63. The van der Waals surface area contributed by atoms with Crippen LogP contribution in [0.5, 0.6) is 0 Å². The van der Waals surface area contributed by atoms with E-state index in [1.165, 1.54) is 11.8 Å². The zero-order chi connectivity index (χ0) is 9.56. The van der Waals surface area contributed by atoms with Crippen molar-refractivity contribution in [1.29, 1.82) is 0 Å². The van der Waals surface area contributed by atoms with E-state index in [1.54, 1.807) is 0 Å². The van der Waals surface area contributed by atoms with Gasteiger partial charge in [0.2, 0.25) is 0 Å². The third-order valence-electron chi connectivity index (χ3n) is 1.52. The maximum atomic E-state index is 10.4. The van der Waals surface area contributed by atoms with Crippen LogP contribution in [-0.2, 0) is 14.4 Å². The minimum absolute atomic E-state index is 0.0355. The van der Waals surface area contributed by atoms with Gasteiger partial charge in [-0.25, -0.2) is 0 Å². The summed E-state index contributed by atoms with van der Waals surface area (Å²) in [6.45, 7) is 1.35. The van der Waals surface area contributed by atoms with Crippen molar-refractivity contribution in [3.05, 3.63) is 0 Å². The lowest BCUT2D eigenvalue weighted by Crippen LogP contribution is -2.41. The average Bonchev–Trinajstić information content (AvgIpc) is 2.03. The van der Waals surface area contributed by atoms with Crippen molar-refractivity contribution in [3.8, 4) is 0 Å². The maximum Gasteiger partial charge on any atom is 0.320 e. The Morgan fingerprint density at radius 2 is 1.83 bits per heavy atom. The summed E-state index contributed by atoms with van der Waals surface area (Å²) in [5.41, 5.74) is 0. The topological polar surface area (TPSA) is 74.7 Å². The van der Waals surface area contributed by atoms with Crippen LogP contribution in [0.15, 0.2) is 0 Å². The second-order valence-electron chi connectivity index (χ2n) is 2.30. The Bertz CT molecular complexity index is 170. The van der Waals surface area contributed by atoms with Gasteiger partial charge >= 0.3 is 5.97 Å². The highest BCUT2D eigenvalue weighted by atomic mass is 16.4. The second kappa shape index (κ2) is 5.42. The van der Waals surface area contributed by atoms with E-state index in [9.17, 15) is 14.4 Å². The summed E-state index contributed by atoms with van der Waals surface area (Å²) < 4.78 is 0. The predicted molar refractivity (Wildman–Crippen MR) is 40.8 cm³/mol. The molecule has 0 rings (SSSR count). The van der Waals surface area contributed by atoms with Gasteiger partial charge in [0.1, 0.15) is 18.6 Å². The van der Waals surface area contributed by atoms with Crippen molar-refractivity contribution in [3.63, 3.8) is 0 Å². The van der Waals surface area contributed by atoms with Gasteiger partial charge in [-0.1, -0.05) is 0 Å².